The zero-order chi connectivity index (χ0) is 17.6. The molecule has 3 heterocycles. The van der Waals surface area contributed by atoms with Crippen LogP contribution in [0.15, 0.2) is 18.2 Å². The number of aromatic amines is 2. The van der Waals surface area contributed by atoms with E-state index in [-0.39, 0.29) is 23.2 Å². The fraction of sp³-hybridized carbons (Fsp3) is 0.312. The highest BCUT2D eigenvalue weighted by Gasteiger charge is 2.25. The Morgan fingerprint density at radius 3 is 2.88 bits per heavy atom. The molecule has 7 nitrogen and oxygen atoms in total. The van der Waals surface area contributed by atoms with E-state index in [1.165, 1.54) is 0 Å². The van der Waals surface area contributed by atoms with Gasteiger partial charge in [-0.1, -0.05) is 0 Å². The number of rotatable bonds is 3. The molecule has 4 rings (SSSR count). The van der Waals surface area contributed by atoms with Crippen LogP contribution in [0.25, 0.3) is 11.0 Å². The number of fused-ring (bicyclic) bond motifs is 1. The summed E-state index contributed by atoms with van der Waals surface area (Å²) in [6.45, 7) is 1.01. The summed E-state index contributed by atoms with van der Waals surface area (Å²) in [5.41, 5.74) is 1.64. The lowest BCUT2D eigenvalue weighted by Crippen LogP contribution is -2.17. The molecule has 2 aromatic heterocycles. The van der Waals surface area contributed by atoms with Crippen molar-refractivity contribution in [2.45, 2.75) is 18.9 Å². The van der Waals surface area contributed by atoms with Gasteiger partial charge in [-0.25, -0.2) is 13.8 Å². The molecule has 3 aromatic rings. The van der Waals surface area contributed by atoms with Crippen LogP contribution >= 0.6 is 0 Å². The zero-order valence-electron chi connectivity index (χ0n) is 13.4. The van der Waals surface area contributed by atoms with Crippen LogP contribution in [0.2, 0.25) is 0 Å². The topological polar surface area (TPSA) is 89.7 Å². The highest BCUT2D eigenvalue weighted by molar-refractivity contribution is 6.02. The van der Waals surface area contributed by atoms with Crippen LogP contribution in [0.3, 0.4) is 0 Å². The van der Waals surface area contributed by atoms with Gasteiger partial charge in [0.1, 0.15) is 0 Å². The number of benzene rings is 1. The van der Waals surface area contributed by atoms with Crippen molar-refractivity contribution in [3.8, 4) is 0 Å². The van der Waals surface area contributed by atoms with E-state index in [2.05, 4.69) is 30.4 Å². The maximum absolute atomic E-state index is 13.2. The van der Waals surface area contributed by atoms with E-state index in [1.807, 2.05) is 7.05 Å². The van der Waals surface area contributed by atoms with Crippen molar-refractivity contribution in [2.24, 2.45) is 0 Å². The first-order chi connectivity index (χ1) is 12.0. The van der Waals surface area contributed by atoms with Crippen LogP contribution in [0, 0.1) is 11.6 Å². The van der Waals surface area contributed by atoms with Crippen molar-refractivity contribution < 1.29 is 13.6 Å². The van der Waals surface area contributed by atoms with Gasteiger partial charge in [-0.3, -0.25) is 20.1 Å². The minimum Gasteiger partial charge on any atom is -0.324 e. The van der Waals surface area contributed by atoms with Gasteiger partial charge in [0.05, 0.1) is 22.8 Å². The summed E-state index contributed by atoms with van der Waals surface area (Å²) in [5.74, 6) is -2.32. The molecular formula is C16H16F2N6O. The number of halogens is 2. The van der Waals surface area contributed by atoms with Gasteiger partial charge in [0, 0.05) is 12.1 Å². The standard InChI is InChI=1S/C16H16F2N6O/c1-24-4-2-3-14(24)12-7-13(23-22-12)15(25)21-16-19-10-5-8(17)9(18)6-11(10)20-16/h5-7,14H,2-4H2,1H3,(H,22,23)(H2,19,20,21,25). The van der Waals surface area contributed by atoms with E-state index >= 15 is 0 Å². The number of anilines is 1. The highest BCUT2D eigenvalue weighted by atomic mass is 19.2. The van der Waals surface area contributed by atoms with Crippen molar-refractivity contribution >= 4 is 22.9 Å². The van der Waals surface area contributed by atoms with Crippen LogP contribution < -0.4 is 5.32 Å². The molecule has 0 bridgehead atoms. The third kappa shape index (κ3) is 2.86. The molecule has 130 valence electrons. The summed E-state index contributed by atoms with van der Waals surface area (Å²) in [6.07, 6.45) is 2.12. The normalized spacial score (nSPS) is 18.1. The lowest BCUT2D eigenvalue weighted by molar-refractivity contribution is 0.102. The molecule has 0 aliphatic carbocycles. The number of likely N-dealkylation sites (tertiary alicyclic amines) is 1. The second kappa shape index (κ2) is 5.92. The number of nitrogens with zero attached hydrogens (tertiary/aromatic N) is 3. The number of carbonyl (C=O) groups is 1. The lowest BCUT2D eigenvalue weighted by Gasteiger charge is -2.16. The van der Waals surface area contributed by atoms with Crippen molar-refractivity contribution in [1.29, 1.82) is 0 Å². The minimum atomic E-state index is -0.991. The molecule has 1 saturated heterocycles. The van der Waals surface area contributed by atoms with Crippen LogP contribution in [0.1, 0.15) is 35.1 Å². The molecule has 1 atom stereocenters. The summed E-state index contributed by atoms with van der Waals surface area (Å²) < 4.78 is 26.5. The van der Waals surface area contributed by atoms with Gasteiger partial charge in [-0.15, -0.1) is 0 Å². The number of imidazole rings is 1. The first-order valence-corrected chi connectivity index (χ1v) is 7.93. The third-order valence-corrected chi connectivity index (χ3v) is 4.47. The van der Waals surface area contributed by atoms with Crippen LogP contribution in [0.4, 0.5) is 14.7 Å². The van der Waals surface area contributed by atoms with Crippen molar-refractivity contribution in [3.05, 3.63) is 41.2 Å². The molecule has 0 radical (unpaired) electrons. The van der Waals surface area contributed by atoms with Crippen molar-refractivity contribution in [1.82, 2.24) is 25.1 Å². The maximum atomic E-state index is 13.2. The molecule has 25 heavy (non-hydrogen) atoms. The van der Waals surface area contributed by atoms with Gasteiger partial charge in [-0.05, 0) is 32.5 Å². The fourth-order valence-electron chi connectivity index (χ4n) is 3.16. The summed E-state index contributed by atoms with van der Waals surface area (Å²) in [4.78, 5) is 21.3. The Labute approximate surface area is 141 Å². The average Bonchev–Trinajstić information content (AvgIpc) is 3.27. The van der Waals surface area contributed by atoms with E-state index < -0.39 is 17.5 Å². The number of hydrogen-bond acceptors (Lipinski definition) is 4. The van der Waals surface area contributed by atoms with Gasteiger partial charge < -0.3 is 4.98 Å². The average molecular weight is 346 g/mol. The molecular weight excluding hydrogens is 330 g/mol. The van der Waals surface area contributed by atoms with Gasteiger partial charge in [0.25, 0.3) is 5.91 Å². The van der Waals surface area contributed by atoms with Crippen molar-refractivity contribution in [2.75, 3.05) is 18.9 Å². The van der Waals surface area contributed by atoms with Crippen LogP contribution in [-0.2, 0) is 0 Å². The van der Waals surface area contributed by atoms with Gasteiger partial charge in [0.2, 0.25) is 5.95 Å². The SMILES string of the molecule is CN1CCCC1c1cc(C(=O)Nc2nc3cc(F)c(F)cc3[nH]2)n[nH]1. The summed E-state index contributed by atoms with van der Waals surface area (Å²) >= 11 is 0. The minimum absolute atomic E-state index is 0.104. The predicted molar refractivity (Wildman–Crippen MR) is 87.2 cm³/mol. The van der Waals surface area contributed by atoms with E-state index in [1.54, 1.807) is 6.07 Å². The highest BCUT2D eigenvalue weighted by Crippen LogP contribution is 2.29. The number of aromatic nitrogens is 4. The Hall–Kier alpha value is -2.81. The second-order valence-corrected chi connectivity index (χ2v) is 6.17. The fourth-order valence-corrected chi connectivity index (χ4v) is 3.16. The zero-order valence-corrected chi connectivity index (χ0v) is 13.4. The molecule has 1 aliphatic heterocycles. The van der Waals surface area contributed by atoms with E-state index in [0.29, 0.717) is 5.52 Å². The quantitative estimate of drug-likeness (QED) is 0.680. The first kappa shape index (κ1) is 15.7. The molecule has 3 N–H and O–H groups in total. The summed E-state index contributed by atoms with van der Waals surface area (Å²) in [5, 5.41) is 9.51. The number of hydrogen-bond donors (Lipinski definition) is 3. The lowest BCUT2D eigenvalue weighted by atomic mass is 10.1. The molecule has 0 saturated carbocycles. The molecule has 0 spiro atoms. The smallest absolute Gasteiger partial charge is 0.278 e. The summed E-state index contributed by atoms with van der Waals surface area (Å²) in [6, 6.07) is 3.91. The summed E-state index contributed by atoms with van der Waals surface area (Å²) in [7, 11) is 2.03. The van der Waals surface area contributed by atoms with Crippen LogP contribution in [0.5, 0.6) is 0 Å². The number of H-pyrrole nitrogens is 2. The second-order valence-electron chi connectivity index (χ2n) is 6.17. The number of nitrogens with one attached hydrogen (secondary N) is 3. The van der Waals surface area contributed by atoms with Crippen molar-refractivity contribution in [3.63, 3.8) is 0 Å². The largest absolute Gasteiger partial charge is 0.324 e. The molecule has 1 unspecified atom stereocenters. The van der Waals surface area contributed by atoms with E-state index in [0.717, 1.165) is 37.2 Å². The molecule has 1 amide bonds. The Bertz CT molecular complexity index is 910. The molecule has 1 aliphatic rings. The molecule has 1 fully saturated rings. The Kier molecular flexibility index (Phi) is 3.72. The Balaban J connectivity index is 1.53. The monoisotopic (exact) mass is 346 g/mol. The first-order valence-electron chi connectivity index (χ1n) is 7.93. The maximum Gasteiger partial charge on any atom is 0.278 e. The molecule has 1 aromatic carbocycles. The Morgan fingerprint density at radius 1 is 1.32 bits per heavy atom. The predicted octanol–water partition coefficient (Wildman–Crippen LogP) is 2.58. The Morgan fingerprint density at radius 2 is 2.12 bits per heavy atom. The number of carbonyl (C=O) groups excluding carboxylic acids is 1. The van der Waals surface area contributed by atoms with E-state index in [9.17, 15) is 13.6 Å². The van der Waals surface area contributed by atoms with Crippen LogP contribution in [-0.4, -0.2) is 44.6 Å². The van der Waals surface area contributed by atoms with Gasteiger partial charge in [-0.2, -0.15) is 5.10 Å². The van der Waals surface area contributed by atoms with Gasteiger partial charge >= 0.3 is 0 Å². The molecule has 9 heteroatoms. The number of amides is 1. The van der Waals surface area contributed by atoms with Gasteiger partial charge in [0.15, 0.2) is 17.3 Å². The third-order valence-electron chi connectivity index (χ3n) is 4.47. The van der Waals surface area contributed by atoms with E-state index in [4.69, 9.17) is 0 Å².